The van der Waals surface area contributed by atoms with Crippen LogP contribution in [0.25, 0.3) is 0 Å². The average Bonchev–Trinajstić information content (AvgIpc) is 2.81. The summed E-state index contributed by atoms with van der Waals surface area (Å²) in [4.78, 5) is 13.2. The van der Waals surface area contributed by atoms with Crippen LogP contribution in [0.3, 0.4) is 0 Å². The highest BCUT2D eigenvalue weighted by atomic mass is 16.5. The first-order chi connectivity index (χ1) is 8.33. The van der Waals surface area contributed by atoms with Crippen LogP contribution >= 0.6 is 0 Å². The molecule has 2 fully saturated rings. The van der Waals surface area contributed by atoms with Crippen molar-refractivity contribution in [3.63, 3.8) is 0 Å². The Morgan fingerprint density at radius 2 is 1.94 bits per heavy atom. The average molecular weight is 232 g/mol. The van der Waals surface area contributed by atoms with E-state index in [1.54, 1.807) is 0 Å². The van der Waals surface area contributed by atoms with Crippen molar-refractivity contribution in [3.8, 4) is 5.75 Å². The van der Waals surface area contributed by atoms with Crippen LogP contribution in [0.15, 0.2) is 24.3 Å². The summed E-state index contributed by atoms with van der Waals surface area (Å²) in [5, 5.41) is 2.73. The summed E-state index contributed by atoms with van der Waals surface area (Å²) in [5.41, 5.74) is 1.14. The summed E-state index contributed by atoms with van der Waals surface area (Å²) in [5.74, 6) is 0.938. The van der Waals surface area contributed by atoms with Gasteiger partial charge in [0.2, 0.25) is 5.91 Å². The summed E-state index contributed by atoms with van der Waals surface area (Å²) in [6.45, 7) is 2.19. The number of amides is 1. The Labute approximate surface area is 101 Å². The number of rotatable bonds is 3. The lowest BCUT2D eigenvalue weighted by Crippen LogP contribution is -2.52. The van der Waals surface area contributed by atoms with Crippen molar-refractivity contribution in [3.05, 3.63) is 24.3 Å². The minimum Gasteiger partial charge on any atom is -0.468 e. The zero-order valence-corrected chi connectivity index (χ0v) is 9.69. The topological polar surface area (TPSA) is 41.6 Å². The molecular weight excluding hydrogens is 216 g/mol. The quantitative estimate of drug-likeness (QED) is 0.803. The summed E-state index contributed by atoms with van der Waals surface area (Å²) < 4.78 is 5.79. The van der Waals surface area contributed by atoms with Crippen LogP contribution in [0.5, 0.6) is 5.75 Å². The van der Waals surface area contributed by atoms with Crippen LogP contribution in [0, 0.1) is 0 Å². The Balaban J connectivity index is 1.75. The van der Waals surface area contributed by atoms with Crippen molar-refractivity contribution >= 4 is 11.6 Å². The van der Waals surface area contributed by atoms with Crippen LogP contribution in [-0.4, -0.2) is 25.2 Å². The van der Waals surface area contributed by atoms with Gasteiger partial charge >= 0.3 is 0 Å². The van der Waals surface area contributed by atoms with Crippen LogP contribution < -0.4 is 15.0 Å². The Hall–Kier alpha value is -1.71. The highest BCUT2D eigenvalue weighted by Crippen LogP contribution is 2.31. The Kier molecular flexibility index (Phi) is 2.63. The predicted octanol–water partition coefficient (Wildman–Crippen LogP) is 1.51. The Bertz CT molecular complexity index is 419. The van der Waals surface area contributed by atoms with Gasteiger partial charge in [-0.1, -0.05) is 12.1 Å². The monoisotopic (exact) mass is 232 g/mol. The standard InChI is InChI=1S/C13H16N2O2/c16-12-9-13(14-12)17-11-6-2-1-5-10(11)15-7-3-4-8-15/h1-2,5-6,13H,3-4,7-9H2,(H,14,16). The lowest BCUT2D eigenvalue weighted by Gasteiger charge is -2.30. The molecule has 0 spiro atoms. The number of carbonyl (C=O) groups excluding carboxylic acids is 1. The molecule has 17 heavy (non-hydrogen) atoms. The number of carbonyl (C=O) groups is 1. The molecule has 2 aliphatic heterocycles. The van der Waals surface area contributed by atoms with Crippen molar-refractivity contribution in [2.75, 3.05) is 18.0 Å². The normalized spacial score (nSPS) is 23.2. The summed E-state index contributed by atoms with van der Waals surface area (Å²) >= 11 is 0. The van der Waals surface area contributed by atoms with Gasteiger partial charge in [-0.05, 0) is 25.0 Å². The number of hydrogen-bond donors (Lipinski definition) is 1. The smallest absolute Gasteiger partial charge is 0.228 e. The van der Waals surface area contributed by atoms with Gasteiger partial charge in [0.05, 0.1) is 12.1 Å². The molecule has 1 amide bonds. The SMILES string of the molecule is O=C1CC(Oc2ccccc2N2CCCC2)N1. The third kappa shape index (κ3) is 2.07. The maximum Gasteiger partial charge on any atom is 0.228 e. The van der Waals surface area contributed by atoms with Gasteiger partial charge in [-0.15, -0.1) is 0 Å². The molecule has 1 unspecified atom stereocenters. The van der Waals surface area contributed by atoms with E-state index in [1.165, 1.54) is 12.8 Å². The number of benzene rings is 1. The second kappa shape index (κ2) is 4.28. The molecule has 3 rings (SSSR count). The third-order valence-corrected chi connectivity index (χ3v) is 3.27. The Morgan fingerprint density at radius 3 is 2.65 bits per heavy atom. The highest BCUT2D eigenvalue weighted by Gasteiger charge is 2.28. The van der Waals surface area contributed by atoms with Crippen molar-refractivity contribution in [1.82, 2.24) is 5.32 Å². The number of nitrogens with zero attached hydrogens (tertiary/aromatic N) is 1. The Morgan fingerprint density at radius 1 is 1.24 bits per heavy atom. The van der Waals surface area contributed by atoms with E-state index in [4.69, 9.17) is 4.74 Å². The van der Waals surface area contributed by atoms with Gasteiger partial charge in [0, 0.05) is 13.1 Å². The van der Waals surface area contributed by atoms with E-state index in [2.05, 4.69) is 16.3 Å². The first-order valence-corrected chi connectivity index (χ1v) is 6.13. The molecule has 1 atom stereocenters. The fraction of sp³-hybridized carbons (Fsp3) is 0.462. The molecule has 1 N–H and O–H groups in total. The van der Waals surface area contributed by atoms with Crippen molar-refractivity contribution < 1.29 is 9.53 Å². The van der Waals surface area contributed by atoms with E-state index in [0.717, 1.165) is 24.5 Å². The molecule has 0 aliphatic carbocycles. The molecule has 2 saturated heterocycles. The van der Waals surface area contributed by atoms with Gasteiger partial charge < -0.3 is 15.0 Å². The molecule has 1 aromatic rings. The van der Waals surface area contributed by atoms with Gasteiger partial charge in [0.25, 0.3) is 0 Å². The lowest BCUT2D eigenvalue weighted by atomic mass is 10.2. The fourth-order valence-electron chi connectivity index (χ4n) is 2.33. The van der Waals surface area contributed by atoms with E-state index < -0.39 is 0 Å². The zero-order chi connectivity index (χ0) is 11.7. The maximum absolute atomic E-state index is 10.8. The van der Waals surface area contributed by atoms with Crippen molar-refractivity contribution in [2.45, 2.75) is 25.5 Å². The highest BCUT2D eigenvalue weighted by molar-refractivity contribution is 5.82. The number of para-hydroxylation sites is 2. The van der Waals surface area contributed by atoms with E-state index in [0.29, 0.717) is 6.42 Å². The first-order valence-electron chi connectivity index (χ1n) is 6.13. The minimum absolute atomic E-state index is 0.0636. The van der Waals surface area contributed by atoms with Crippen molar-refractivity contribution in [1.29, 1.82) is 0 Å². The van der Waals surface area contributed by atoms with Gasteiger partial charge in [-0.2, -0.15) is 0 Å². The minimum atomic E-state index is -0.147. The molecule has 0 aromatic heterocycles. The van der Waals surface area contributed by atoms with Gasteiger partial charge in [-0.25, -0.2) is 0 Å². The second-order valence-corrected chi connectivity index (χ2v) is 4.54. The molecule has 4 heteroatoms. The summed E-state index contributed by atoms with van der Waals surface area (Å²) in [7, 11) is 0. The van der Waals surface area contributed by atoms with Gasteiger partial charge in [0.15, 0.2) is 6.23 Å². The third-order valence-electron chi connectivity index (χ3n) is 3.27. The van der Waals surface area contributed by atoms with E-state index in [9.17, 15) is 4.79 Å². The van der Waals surface area contributed by atoms with Gasteiger partial charge in [-0.3, -0.25) is 4.79 Å². The maximum atomic E-state index is 10.8. The zero-order valence-electron chi connectivity index (χ0n) is 9.69. The van der Waals surface area contributed by atoms with Crippen LogP contribution in [-0.2, 0) is 4.79 Å². The largest absolute Gasteiger partial charge is 0.468 e. The molecular formula is C13H16N2O2. The molecule has 0 bridgehead atoms. The number of ether oxygens (including phenoxy) is 1. The van der Waals surface area contributed by atoms with E-state index >= 15 is 0 Å². The van der Waals surface area contributed by atoms with Crippen LogP contribution in [0.1, 0.15) is 19.3 Å². The second-order valence-electron chi connectivity index (χ2n) is 4.54. The molecule has 1 aromatic carbocycles. The van der Waals surface area contributed by atoms with Crippen LogP contribution in [0.2, 0.25) is 0 Å². The fourth-order valence-corrected chi connectivity index (χ4v) is 2.33. The molecule has 0 saturated carbocycles. The lowest BCUT2D eigenvalue weighted by molar-refractivity contribution is -0.134. The number of anilines is 1. The number of hydrogen-bond acceptors (Lipinski definition) is 3. The van der Waals surface area contributed by atoms with E-state index in [1.807, 2.05) is 18.2 Å². The molecule has 90 valence electrons. The van der Waals surface area contributed by atoms with E-state index in [-0.39, 0.29) is 12.1 Å². The van der Waals surface area contributed by atoms with Crippen LogP contribution in [0.4, 0.5) is 5.69 Å². The first kappa shape index (κ1) is 10.4. The molecule has 4 nitrogen and oxygen atoms in total. The number of nitrogens with one attached hydrogen (secondary N) is 1. The predicted molar refractivity (Wildman–Crippen MR) is 65.1 cm³/mol. The number of β-lactam (4-membered cyclic amide) rings is 1. The van der Waals surface area contributed by atoms with Crippen molar-refractivity contribution in [2.24, 2.45) is 0 Å². The van der Waals surface area contributed by atoms with Gasteiger partial charge in [0.1, 0.15) is 5.75 Å². The summed E-state index contributed by atoms with van der Waals surface area (Å²) in [6, 6.07) is 8.05. The molecule has 2 heterocycles. The summed E-state index contributed by atoms with van der Waals surface area (Å²) in [6.07, 6.45) is 2.81. The molecule has 2 aliphatic rings. The molecule has 0 radical (unpaired) electrons.